The molecule has 0 N–H and O–H groups in total. The van der Waals surface area contributed by atoms with Crippen LogP contribution in [0.15, 0.2) is 51.0 Å². The average molecular weight is 287 g/mol. The van der Waals surface area contributed by atoms with Crippen LogP contribution in [0.5, 0.6) is 0 Å². The summed E-state index contributed by atoms with van der Waals surface area (Å²) in [6, 6.07) is 9.48. The summed E-state index contributed by atoms with van der Waals surface area (Å²) in [5.74, 6) is 0. The molecule has 1 fully saturated rings. The second-order valence-electron chi connectivity index (χ2n) is 5.36. The summed E-state index contributed by atoms with van der Waals surface area (Å²) in [4.78, 5) is 14.0. The highest BCUT2D eigenvalue weighted by molar-refractivity contribution is 5.68. The zero-order valence-electron chi connectivity index (χ0n) is 11.8. The number of benzene rings is 1. The zero-order chi connectivity index (χ0) is 14.7. The molecule has 1 atom stereocenters. The minimum Gasteiger partial charge on any atom is -0.445 e. The molecule has 0 bridgehead atoms. The van der Waals surface area contributed by atoms with E-state index in [9.17, 15) is 4.79 Å². The third-order valence-electron chi connectivity index (χ3n) is 3.86. The van der Waals surface area contributed by atoms with Gasteiger partial charge in [-0.3, -0.25) is 0 Å². The number of carbonyl (C=O) groups is 1. The summed E-state index contributed by atoms with van der Waals surface area (Å²) in [6.45, 7) is 2.75. The molecule has 110 valence electrons. The maximum absolute atomic E-state index is 12.3. The van der Waals surface area contributed by atoms with Crippen LogP contribution in [0.4, 0.5) is 4.79 Å². The fraction of sp³-hybridized carbons (Fsp3) is 0.500. The van der Waals surface area contributed by atoms with E-state index in [0.717, 1.165) is 18.4 Å². The molecule has 1 saturated heterocycles. The van der Waals surface area contributed by atoms with Gasteiger partial charge in [0.1, 0.15) is 6.61 Å². The lowest BCUT2D eigenvalue weighted by atomic mass is 10.0. The summed E-state index contributed by atoms with van der Waals surface area (Å²) < 4.78 is 5.39. The van der Waals surface area contributed by atoms with E-state index in [4.69, 9.17) is 4.74 Å². The van der Waals surface area contributed by atoms with Crippen molar-refractivity contribution in [1.29, 1.82) is 0 Å². The molecular formula is C14H17N5O2. The molecule has 1 amide bonds. The van der Waals surface area contributed by atoms with Gasteiger partial charge in [-0.25, -0.2) is 4.79 Å². The predicted octanol–water partition coefficient (Wildman–Crippen LogP) is 3.34. The quantitative estimate of drug-likeness (QED) is 0.854. The summed E-state index contributed by atoms with van der Waals surface area (Å²) in [5.41, 5.74) is 0.190. The van der Waals surface area contributed by atoms with Crippen LogP contribution in [0.3, 0.4) is 0 Å². The number of rotatable bonds is 3. The second-order valence-corrected chi connectivity index (χ2v) is 5.36. The molecule has 21 heavy (non-hydrogen) atoms. The van der Waals surface area contributed by atoms with E-state index in [-0.39, 0.29) is 18.7 Å². The third kappa shape index (κ3) is 2.76. The first-order chi connectivity index (χ1) is 10.2. The number of carbonyl (C=O) groups excluding carboxylic acids is 1. The molecule has 7 nitrogen and oxygen atoms in total. The first-order valence-corrected chi connectivity index (χ1v) is 7.00. The van der Waals surface area contributed by atoms with E-state index >= 15 is 0 Å². The molecule has 2 aliphatic heterocycles. The SMILES string of the molecule is CC1([C@@H]2CCCN2C(=O)OCc2ccccc2)N=NN=N1. The Balaban J connectivity index is 1.64. The highest BCUT2D eigenvalue weighted by Crippen LogP contribution is 2.34. The Morgan fingerprint density at radius 1 is 1.33 bits per heavy atom. The van der Waals surface area contributed by atoms with E-state index in [1.807, 2.05) is 37.3 Å². The van der Waals surface area contributed by atoms with Crippen molar-refractivity contribution in [3.8, 4) is 0 Å². The van der Waals surface area contributed by atoms with Gasteiger partial charge in [0.25, 0.3) is 0 Å². The van der Waals surface area contributed by atoms with Crippen LogP contribution in [0.2, 0.25) is 0 Å². The van der Waals surface area contributed by atoms with Gasteiger partial charge in [0.15, 0.2) is 0 Å². The molecule has 0 saturated carbocycles. The first kappa shape index (κ1) is 13.7. The molecule has 0 spiro atoms. The van der Waals surface area contributed by atoms with Crippen molar-refractivity contribution in [3.05, 3.63) is 35.9 Å². The van der Waals surface area contributed by atoms with Crippen molar-refractivity contribution >= 4 is 6.09 Å². The van der Waals surface area contributed by atoms with Crippen LogP contribution in [0.1, 0.15) is 25.3 Å². The third-order valence-corrected chi connectivity index (χ3v) is 3.86. The van der Waals surface area contributed by atoms with E-state index in [1.54, 1.807) is 4.90 Å². The average Bonchev–Trinajstić information content (AvgIpc) is 3.15. The molecule has 0 unspecified atom stereocenters. The molecule has 0 aliphatic carbocycles. The Bertz CT molecular complexity index is 560. The molecule has 0 radical (unpaired) electrons. The number of hydrogen-bond acceptors (Lipinski definition) is 6. The van der Waals surface area contributed by atoms with Gasteiger partial charge >= 0.3 is 6.09 Å². The van der Waals surface area contributed by atoms with Crippen molar-refractivity contribution in [2.75, 3.05) is 6.54 Å². The molecular weight excluding hydrogens is 270 g/mol. The highest BCUT2D eigenvalue weighted by Gasteiger charge is 2.46. The molecule has 2 heterocycles. The van der Waals surface area contributed by atoms with Crippen LogP contribution in [0, 0.1) is 0 Å². The lowest BCUT2D eigenvalue weighted by Crippen LogP contribution is -2.47. The van der Waals surface area contributed by atoms with Crippen LogP contribution >= 0.6 is 0 Å². The number of amides is 1. The Morgan fingerprint density at radius 3 is 2.76 bits per heavy atom. The summed E-state index contributed by atoms with van der Waals surface area (Å²) in [5, 5.41) is 15.2. The van der Waals surface area contributed by atoms with Gasteiger partial charge in [-0.2, -0.15) is 0 Å². The lowest BCUT2D eigenvalue weighted by Gasteiger charge is -2.30. The molecule has 7 heteroatoms. The van der Waals surface area contributed by atoms with Gasteiger partial charge in [-0.1, -0.05) is 30.3 Å². The van der Waals surface area contributed by atoms with E-state index in [1.165, 1.54) is 0 Å². The van der Waals surface area contributed by atoms with Crippen LogP contribution < -0.4 is 0 Å². The van der Waals surface area contributed by atoms with E-state index in [2.05, 4.69) is 20.7 Å². The van der Waals surface area contributed by atoms with Crippen molar-refractivity contribution in [3.63, 3.8) is 0 Å². The van der Waals surface area contributed by atoms with E-state index < -0.39 is 5.66 Å². The maximum Gasteiger partial charge on any atom is 0.410 e. The van der Waals surface area contributed by atoms with Gasteiger partial charge in [-0.15, -0.1) is 10.2 Å². The van der Waals surface area contributed by atoms with E-state index in [0.29, 0.717) is 6.54 Å². The first-order valence-electron chi connectivity index (χ1n) is 7.00. The van der Waals surface area contributed by atoms with Gasteiger partial charge in [0, 0.05) is 6.54 Å². The lowest BCUT2D eigenvalue weighted by molar-refractivity contribution is 0.0796. The molecule has 1 aromatic carbocycles. The van der Waals surface area contributed by atoms with Crippen molar-refractivity contribution in [1.82, 2.24) is 4.90 Å². The summed E-state index contributed by atoms with van der Waals surface area (Å²) in [7, 11) is 0. The second kappa shape index (κ2) is 5.59. The minimum atomic E-state index is -0.776. The largest absolute Gasteiger partial charge is 0.445 e. The highest BCUT2D eigenvalue weighted by atomic mass is 16.6. The van der Waals surface area contributed by atoms with Gasteiger partial charge in [-0.05, 0) is 35.8 Å². The zero-order valence-corrected chi connectivity index (χ0v) is 11.8. The standard InChI is InChI=1S/C14H17N5O2/c1-14(15-17-18-16-14)12-8-5-9-19(12)13(20)21-10-11-6-3-2-4-7-11/h2-4,6-7,12H,5,8-10H2,1H3/t12-/m0/s1. The van der Waals surface area contributed by atoms with Gasteiger partial charge in [0.05, 0.1) is 6.04 Å². The Labute approximate surface area is 122 Å². The summed E-state index contributed by atoms with van der Waals surface area (Å²) >= 11 is 0. The molecule has 2 aliphatic rings. The molecule has 1 aromatic rings. The van der Waals surface area contributed by atoms with Crippen molar-refractivity contribution in [2.24, 2.45) is 20.7 Å². The Hall–Kier alpha value is -2.31. The monoisotopic (exact) mass is 287 g/mol. The number of nitrogens with zero attached hydrogens (tertiary/aromatic N) is 5. The number of hydrogen-bond donors (Lipinski definition) is 0. The van der Waals surface area contributed by atoms with Crippen molar-refractivity contribution in [2.45, 2.75) is 38.1 Å². The summed E-state index contributed by atoms with van der Waals surface area (Å²) in [6.07, 6.45) is 1.40. The predicted molar refractivity (Wildman–Crippen MR) is 74.5 cm³/mol. The topological polar surface area (TPSA) is 79.0 Å². The van der Waals surface area contributed by atoms with Crippen LogP contribution in [-0.2, 0) is 11.3 Å². The maximum atomic E-state index is 12.3. The number of ether oxygens (including phenoxy) is 1. The molecule has 3 rings (SSSR count). The van der Waals surface area contributed by atoms with Gasteiger partial charge in [0.2, 0.25) is 5.66 Å². The smallest absolute Gasteiger partial charge is 0.410 e. The minimum absolute atomic E-state index is 0.143. The van der Waals surface area contributed by atoms with Crippen LogP contribution in [-0.4, -0.2) is 29.2 Å². The number of likely N-dealkylation sites (tertiary alicyclic amines) is 1. The van der Waals surface area contributed by atoms with Crippen molar-refractivity contribution < 1.29 is 9.53 Å². The Morgan fingerprint density at radius 2 is 2.05 bits per heavy atom. The normalized spacial score (nSPS) is 22.7. The Kier molecular flexibility index (Phi) is 3.64. The van der Waals surface area contributed by atoms with Crippen LogP contribution in [0.25, 0.3) is 0 Å². The molecule has 0 aromatic heterocycles. The fourth-order valence-corrected chi connectivity index (χ4v) is 2.73. The van der Waals surface area contributed by atoms with Gasteiger partial charge < -0.3 is 9.64 Å². The fourth-order valence-electron chi connectivity index (χ4n) is 2.73.